The van der Waals surface area contributed by atoms with Crippen LogP contribution in [0, 0.1) is 5.92 Å². The second-order valence-corrected chi connectivity index (χ2v) is 10.1. The van der Waals surface area contributed by atoms with Gasteiger partial charge in [-0.25, -0.2) is 9.97 Å². The van der Waals surface area contributed by atoms with Crippen molar-refractivity contribution in [2.24, 2.45) is 5.92 Å². The van der Waals surface area contributed by atoms with Gasteiger partial charge in [-0.2, -0.15) is 18.3 Å². The Morgan fingerprint density at radius 3 is 2.69 bits per heavy atom. The number of hydrogen-bond donors (Lipinski definition) is 3. The third-order valence-corrected chi connectivity index (χ3v) is 7.05. The van der Waals surface area contributed by atoms with Crippen LogP contribution in [0.5, 0.6) is 11.6 Å². The van der Waals surface area contributed by atoms with Crippen LogP contribution >= 0.6 is 0 Å². The maximum Gasteiger partial charge on any atom is 0.435 e. The number of aryl methyl sites for hydroxylation is 1. The molecule has 0 aliphatic heterocycles. The predicted octanol–water partition coefficient (Wildman–Crippen LogP) is 3.64. The maximum atomic E-state index is 13.9. The molecule has 4 aromatic rings. The number of ether oxygens (including phenoxy) is 2. The Kier molecular flexibility index (Phi) is 8.32. The Bertz CT molecular complexity index is 1580. The third kappa shape index (κ3) is 6.31. The van der Waals surface area contributed by atoms with Gasteiger partial charge in [-0.3, -0.25) is 13.9 Å². The lowest BCUT2D eigenvalue weighted by Gasteiger charge is -2.11. The second kappa shape index (κ2) is 11.8. The van der Waals surface area contributed by atoms with E-state index in [1.165, 1.54) is 29.2 Å². The second-order valence-electron chi connectivity index (χ2n) is 10.1. The summed E-state index contributed by atoms with van der Waals surface area (Å²) < 4.78 is 55.4. The zero-order valence-corrected chi connectivity index (χ0v) is 22.7. The van der Waals surface area contributed by atoms with E-state index in [0.29, 0.717) is 30.8 Å². The van der Waals surface area contributed by atoms with Gasteiger partial charge in [0, 0.05) is 56.1 Å². The summed E-state index contributed by atoms with van der Waals surface area (Å²) in [5, 5.41) is 31.7. The molecule has 0 radical (unpaired) electrons. The van der Waals surface area contributed by atoms with Crippen LogP contribution in [-0.2, 0) is 23.9 Å². The molecule has 3 N–H and O–H groups in total. The van der Waals surface area contributed by atoms with Crippen molar-refractivity contribution in [1.29, 1.82) is 0 Å². The standard InChI is InChI=1S/C28H30F3N5O6/c1-2-17-12-19(5-6-20(17)23(38)4-3-10-41-11-9-37)42-26-25-33-14-22(36(25)8-7-32-26)21-16-35(15-18-13-27(18,39)40)34-24(21)28(29,30)31/h5-8,12,14,16,18,37,39-40H,2-4,9-11,13,15H2,1H3. The number of fused-ring (bicyclic) bond motifs is 1. The molecule has 0 spiro atoms. The minimum absolute atomic E-state index is 0.0458. The number of carbonyl (C=O) groups is 1. The zero-order valence-electron chi connectivity index (χ0n) is 22.7. The molecule has 5 rings (SSSR count). The highest BCUT2D eigenvalue weighted by molar-refractivity contribution is 5.97. The molecule has 224 valence electrons. The Labute approximate surface area is 238 Å². The van der Waals surface area contributed by atoms with E-state index < -0.39 is 23.6 Å². The Balaban J connectivity index is 1.39. The summed E-state index contributed by atoms with van der Waals surface area (Å²) in [6.45, 7) is 2.34. The van der Waals surface area contributed by atoms with Gasteiger partial charge in [0.2, 0.25) is 5.65 Å². The number of imidazole rings is 1. The molecule has 1 fully saturated rings. The largest absolute Gasteiger partial charge is 0.436 e. The molecule has 1 aliphatic carbocycles. The van der Waals surface area contributed by atoms with E-state index in [4.69, 9.17) is 14.6 Å². The fourth-order valence-corrected chi connectivity index (χ4v) is 4.76. The molecule has 1 aliphatic rings. The molecule has 42 heavy (non-hydrogen) atoms. The van der Waals surface area contributed by atoms with E-state index in [2.05, 4.69) is 15.1 Å². The van der Waals surface area contributed by atoms with Crippen molar-refractivity contribution in [3.05, 3.63) is 59.8 Å². The number of aliphatic hydroxyl groups is 3. The van der Waals surface area contributed by atoms with Crippen molar-refractivity contribution >= 4 is 11.4 Å². The number of rotatable bonds is 13. The van der Waals surface area contributed by atoms with Crippen LogP contribution in [0.15, 0.2) is 43.0 Å². The number of alkyl halides is 3. The van der Waals surface area contributed by atoms with Crippen LogP contribution in [0.2, 0.25) is 0 Å². The van der Waals surface area contributed by atoms with Crippen molar-refractivity contribution in [2.75, 3.05) is 19.8 Å². The molecule has 0 saturated heterocycles. The van der Waals surface area contributed by atoms with Gasteiger partial charge in [0.1, 0.15) is 5.75 Å². The first-order valence-electron chi connectivity index (χ1n) is 13.5. The molecule has 11 nitrogen and oxygen atoms in total. The minimum atomic E-state index is -4.77. The fraction of sp³-hybridized carbons (Fsp3) is 0.429. The van der Waals surface area contributed by atoms with Crippen molar-refractivity contribution in [3.63, 3.8) is 0 Å². The number of aliphatic hydroxyl groups excluding tert-OH is 1. The first kappa shape index (κ1) is 29.6. The Morgan fingerprint density at radius 1 is 1.21 bits per heavy atom. The monoisotopic (exact) mass is 589 g/mol. The van der Waals surface area contributed by atoms with E-state index in [0.717, 1.165) is 10.2 Å². The summed E-state index contributed by atoms with van der Waals surface area (Å²) in [6, 6.07) is 5.01. The van der Waals surface area contributed by atoms with Crippen LogP contribution in [0.1, 0.15) is 47.8 Å². The van der Waals surface area contributed by atoms with Crippen molar-refractivity contribution in [2.45, 2.75) is 51.1 Å². The van der Waals surface area contributed by atoms with Crippen LogP contribution in [0.25, 0.3) is 16.9 Å². The Hall–Kier alpha value is -3.85. The molecule has 0 amide bonds. The first-order valence-corrected chi connectivity index (χ1v) is 13.5. The van der Waals surface area contributed by atoms with Crippen molar-refractivity contribution < 1.29 is 42.8 Å². The van der Waals surface area contributed by atoms with Gasteiger partial charge in [0.05, 0.1) is 30.7 Å². The van der Waals surface area contributed by atoms with E-state index in [1.54, 1.807) is 18.2 Å². The summed E-state index contributed by atoms with van der Waals surface area (Å²) in [5.41, 5.74) is 0.234. The van der Waals surface area contributed by atoms with Gasteiger partial charge in [-0.15, -0.1) is 0 Å². The average molecular weight is 590 g/mol. The molecule has 1 saturated carbocycles. The number of nitrogens with zero attached hydrogens (tertiary/aromatic N) is 5. The van der Waals surface area contributed by atoms with Gasteiger partial charge in [0.15, 0.2) is 17.3 Å². The van der Waals surface area contributed by atoms with Crippen molar-refractivity contribution in [1.82, 2.24) is 24.1 Å². The zero-order chi connectivity index (χ0) is 30.1. The highest BCUT2D eigenvalue weighted by atomic mass is 19.4. The number of aromatic nitrogens is 5. The topological polar surface area (TPSA) is 144 Å². The number of benzene rings is 1. The fourth-order valence-electron chi connectivity index (χ4n) is 4.76. The Morgan fingerprint density at radius 2 is 2.00 bits per heavy atom. The van der Waals surface area contributed by atoms with Gasteiger partial charge in [-0.05, 0) is 36.6 Å². The highest BCUT2D eigenvalue weighted by Crippen LogP contribution is 2.43. The predicted molar refractivity (Wildman–Crippen MR) is 142 cm³/mol. The molecular weight excluding hydrogens is 559 g/mol. The summed E-state index contributed by atoms with van der Waals surface area (Å²) >= 11 is 0. The maximum absolute atomic E-state index is 13.9. The molecular formula is C28H30F3N5O6. The molecule has 3 aromatic heterocycles. The normalized spacial score (nSPS) is 16.2. The average Bonchev–Trinajstić information content (AvgIpc) is 3.28. The van der Waals surface area contributed by atoms with Crippen LogP contribution in [0.4, 0.5) is 13.2 Å². The lowest BCUT2D eigenvalue weighted by atomic mass is 9.98. The lowest BCUT2D eigenvalue weighted by molar-refractivity contribution is -0.141. The van der Waals surface area contributed by atoms with Crippen LogP contribution < -0.4 is 4.74 Å². The van der Waals surface area contributed by atoms with E-state index in [-0.39, 0.29) is 61.2 Å². The van der Waals surface area contributed by atoms with Gasteiger partial charge in [0.25, 0.3) is 5.88 Å². The third-order valence-electron chi connectivity index (χ3n) is 7.05. The smallest absolute Gasteiger partial charge is 0.435 e. The lowest BCUT2D eigenvalue weighted by Crippen LogP contribution is -2.14. The summed E-state index contributed by atoms with van der Waals surface area (Å²) in [4.78, 5) is 21.2. The van der Waals surface area contributed by atoms with E-state index in [1.807, 2.05) is 6.92 Å². The quantitative estimate of drug-likeness (QED) is 0.121. The summed E-state index contributed by atoms with van der Waals surface area (Å²) in [6.07, 6.45) is 1.97. The summed E-state index contributed by atoms with van der Waals surface area (Å²) in [7, 11) is 0. The molecule has 1 unspecified atom stereocenters. The molecule has 1 atom stereocenters. The number of carbonyl (C=O) groups excluding carboxylic acids is 1. The molecule has 3 heterocycles. The number of hydrogen-bond acceptors (Lipinski definition) is 9. The summed E-state index contributed by atoms with van der Waals surface area (Å²) in [5.74, 6) is -2.13. The molecule has 14 heteroatoms. The van der Waals surface area contributed by atoms with Crippen LogP contribution in [-0.4, -0.2) is 70.9 Å². The van der Waals surface area contributed by atoms with Crippen LogP contribution in [0.3, 0.4) is 0 Å². The van der Waals surface area contributed by atoms with E-state index >= 15 is 0 Å². The number of halogens is 3. The molecule has 0 bridgehead atoms. The number of ketones is 1. The minimum Gasteiger partial charge on any atom is -0.436 e. The first-order chi connectivity index (χ1) is 20.0. The van der Waals surface area contributed by atoms with E-state index in [9.17, 15) is 28.2 Å². The highest BCUT2D eigenvalue weighted by Gasteiger charge is 2.52. The van der Waals surface area contributed by atoms with Gasteiger partial charge < -0.3 is 24.8 Å². The van der Waals surface area contributed by atoms with Gasteiger partial charge >= 0.3 is 6.18 Å². The van der Waals surface area contributed by atoms with Gasteiger partial charge in [-0.1, -0.05) is 6.92 Å². The van der Waals surface area contributed by atoms with Crippen molar-refractivity contribution in [3.8, 4) is 22.9 Å². The SMILES string of the molecule is CCc1cc(Oc2nccn3c(-c4cn(CC5CC5(O)O)nc4C(F)(F)F)cnc23)ccc1C(=O)CCCOCCO. The molecule has 1 aromatic carbocycles. The number of Topliss-reactive ketones (excluding diaryl/α,β-unsaturated/α-hetero) is 1.